The number of rotatable bonds is 31. The maximum absolute atomic E-state index is 13.9. The van der Waals surface area contributed by atoms with Crippen LogP contribution in [0.15, 0.2) is 155 Å². The number of H-pyrrole nitrogens is 2. The molecule has 736 valence electrons. The fourth-order valence-electron chi connectivity index (χ4n) is 18.5. The highest BCUT2D eigenvalue weighted by molar-refractivity contribution is 6.26. The molecule has 8 aliphatic rings. The molecule has 11 N–H and O–H groups in total. The monoisotopic (exact) mass is 1920 g/mol. The van der Waals surface area contributed by atoms with E-state index in [-0.39, 0.29) is 54.7 Å². The van der Waals surface area contributed by atoms with Crippen LogP contribution in [0.2, 0.25) is 0 Å². The zero-order chi connectivity index (χ0) is 98.9. The number of piperidine rings is 2. The first-order valence-electron chi connectivity index (χ1n) is 46.7. The number of hydrogen-bond donors (Lipinski definition) is 10. The smallest absolute Gasteiger partial charge is 0.417 e. The van der Waals surface area contributed by atoms with Crippen molar-refractivity contribution in [2.45, 2.75) is 115 Å². The molecule has 0 radical (unpaired) electrons. The number of unbranched alkanes of at least 4 members (excludes halogenated alkanes) is 3. The van der Waals surface area contributed by atoms with Crippen LogP contribution in [0.4, 0.5) is 54.8 Å². The summed E-state index contributed by atoms with van der Waals surface area (Å²) in [5.74, 6) is -7.13. The van der Waals surface area contributed by atoms with E-state index in [0.717, 1.165) is 158 Å². The predicted molar refractivity (Wildman–Crippen MR) is 507 cm³/mol. The first-order valence-corrected chi connectivity index (χ1v) is 46.7. The van der Waals surface area contributed by atoms with E-state index in [9.17, 15) is 93.5 Å². The summed E-state index contributed by atoms with van der Waals surface area (Å²) in [6.07, 6.45) is -3.64. The summed E-state index contributed by atoms with van der Waals surface area (Å²) in [6, 6.07) is 36.3. The molecule has 6 saturated heterocycles. The van der Waals surface area contributed by atoms with Gasteiger partial charge in [-0.15, -0.1) is 0 Å². The Morgan fingerprint density at radius 1 is 0.446 bits per heavy atom. The highest BCUT2D eigenvalue weighted by Crippen LogP contribution is 2.41. The summed E-state index contributed by atoms with van der Waals surface area (Å²) in [4.78, 5) is 197. The van der Waals surface area contributed by atoms with Crippen LogP contribution in [0, 0.1) is 0 Å². The highest BCUT2D eigenvalue weighted by Gasteiger charge is 2.48. The van der Waals surface area contributed by atoms with E-state index in [4.69, 9.17) is 10.8 Å². The number of carbonyl (C=O) groups is 12. The van der Waals surface area contributed by atoms with Gasteiger partial charge >= 0.3 is 18.3 Å². The minimum Gasteiger partial charge on any atom is -0.481 e. The first-order chi connectivity index (χ1) is 66.6. The van der Waals surface area contributed by atoms with Crippen LogP contribution in [0.5, 0.6) is 0 Å². The third kappa shape index (κ3) is 25.7. The molecule has 0 saturated carbocycles. The van der Waals surface area contributed by atoms with Crippen LogP contribution >= 0.6 is 0 Å². The molecule has 11 amide bonds. The molecule has 8 aromatic rings. The van der Waals surface area contributed by atoms with Gasteiger partial charge in [0.1, 0.15) is 12.1 Å². The van der Waals surface area contributed by atoms with Crippen LogP contribution in [-0.2, 0) is 60.6 Å². The Bertz CT molecular complexity index is 6060. The van der Waals surface area contributed by atoms with Crippen molar-refractivity contribution in [2.75, 3.05) is 177 Å². The molecule has 0 aliphatic carbocycles. The number of carboxylic acid groups (broad SMARTS) is 1. The number of aryl methyl sites for hydroxylation is 1. The van der Waals surface area contributed by atoms with Crippen LogP contribution in [0.3, 0.4) is 0 Å². The summed E-state index contributed by atoms with van der Waals surface area (Å²) in [5.41, 5.74) is 9.94. The molecule has 2 atom stereocenters. The standard InChI is InChI=1S/C49H55F3N10O7.C31H38F3N7O2.C19H20N2O6/c1-58-18-24-61(25-19-58)39-12-11-33(27-38(39)56-45(66)35-29-55-43(65)28-36(35)49(50,51)52)32-7-4-6-31(26-32)30-60-22-20-59(21-23-60)17-16-54-41(63)10-2-3-15-53-37-9-5-8-34-44(37)48(69)62(47(34)68)40-13-14-42(64)57-46(40)67;1-38-9-15-41(16-10-38)28-6-5-24(18-27(28)37-30(43)25-20-36-29(42)19-26(25)31(32,33)34)23-4-2-3-22(17-23)21-40-13-11-39(8-7-35)12-14-40;22-14-10-9-13(17(25)20-14)21-18(26)12-7-4-6-11(16(12)19(21)27)5-2-1-3-8-15(23)24/h4-9,11-12,26-29,40,53H,2-3,10,13-25,30H2,1H3,(H,54,63)(H,55,65)(H,56,66)(H,57,64,67);2-6,17-20H,7-16,21,35H2,1H3,(H,36,42)(H,37,43);4,6-7,13H,1-3,5,8-10H2,(H,23,24)(H,20,22,25). The molecule has 2 unspecified atom stereocenters. The van der Waals surface area contributed by atoms with Gasteiger partial charge in [0.2, 0.25) is 40.7 Å². The van der Waals surface area contributed by atoms with Crippen molar-refractivity contribution in [1.29, 1.82) is 0 Å². The molecule has 0 spiro atoms. The number of fused-ring (bicyclic) bond motifs is 2. The molecule has 10 heterocycles. The minimum atomic E-state index is -4.91. The Morgan fingerprint density at radius 2 is 0.885 bits per heavy atom. The van der Waals surface area contributed by atoms with Gasteiger partial charge in [-0.25, -0.2) is 0 Å². The first kappa shape index (κ1) is 101. The zero-order valence-electron chi connectivity index (χ0n) is 77.2. The lowest BCUT2D eigenvalue weighted by Gasteiger charge is -2.35. The Balaban J connectivity index is 0.000000186. The average Bonchev–Trinajstić information content (AvgIpc) is 1.58. The normalized spacial score (nSPS) is 18.2. The molecule has 0 bridgehead atoms. The fourth-order valence-corrected chi connectivity index (χ4v) is 18.5. The van der Waals surface area contributed by atoms with E-state index in [1.807, 2.05) is 74.8 Å². The number of anilines is 5. The summed E-state index contributed by atoms with van der Waals surface area (Å²) in [7, 11) is 4.05. The van der Waals surface area contributed by atoms with Gasteiger partial charge in [0, 0.05) is 206 Å². The molecule has 6 aromatic carbocycles. The van der Waals surface area contributed by atoms with Crippen molar-refractivity contribution in [3.8, 4) is 22.3 Å². The van der Waals surface area contributed by atoms with Gasteiger partial charge in [0.25, 0.3) is 35.4 Å². The van der Waals surface area contributed by atoms with E-state index in [1.54, 1.807) is 42.5 Å². The Morgan fingerprint density at radius 3 is 1.35 bits per heavy atom. The number of nitrogens with two attached hydrogens (primary N) is 1. The molecule has 6 fully saturated rings. The third-order valence-electron chi connectivity index (χ3n) is 26.1. The number of carboxylic acids is 1. The second-order valence-corrected chi connectivity index (χ2v) is 35.8. The van der Waals surface area contributed by atoms with Crippen molar-refractivity contribution in [3.05, 3.63) is 228 Å². The van der Waals surface area contributed by atoms with Gasteiger partial charge in [0.15, 0.2) is 0 Å². The number of aliphatic carboxylic acids is 1. The van der Waals surface area contributed by atoms with Crippen molar-refractivity contribution < 1.29 is 89.0 Å². The van der Waals surface area contributed by atoms with Crippen LogP contribution < -0.4 is 58.6 Å². The Kier molecular flexibility index (Phi) is 33.3. The van der Waals surface area contributed by atoms with Gasteiger partial charge in [-0.1, -0.05) is 73.2 Å². The summed E-state index contributed by atoms with van der Waals surface area (Å²) in [5, 5.41) is 24.7. The highest BCUT2D eigenvalue weighted by atomic mass is 19.4. The van der Waals surface area contributed by atoms with E-state index in [0.29, 0.717) is 144 Å². The van der Waals surface area contributed by atoms with Crippen molar-refractivity contribution >= 4 is 99.4 Å². The van der Waals surface area contributed by atoms with Gasteiger partial charge in [0.05, 0.1) is 67.3 Å². The molecule has 2 aromatic heterocycles. The third-order valence-corrected chi connectivity index (χ3v) is 26.1. The summed E-state index contributed by atoms with van der Waals surface area (Å²) in [6.45, 7) is 17.9. The fraction of sp³-hybridized carbons (Fsp3) is 0.414. The number of carbonyl (C=O) groups excluding carboxylic acids is 11. The quantitative estimate of drug-likeness (QED) is 0.0111. The molecular formula is C99H113F6N19O15. The number of piperazine rings is 4. The van der Waals surface area contributed by atoms with Gasteiger partial charge < -0.3 is 61.7 Å². The van der Waals surface area contributed by atoms with Crippen molar-refractivity contribution in [2.24, 2.45) is 5.73 Å². The van der Waals surface area contributed by atoms with Gasteiger partial charge in [-0.3, -0.25) is 107 Å². The van der Waals surface area contributed by atoms with E-state index in [1.165, 1.54) is 0 Å². The number of aromatic nitrogens is 2. The molecule has 16 rings (SSSR count). The molecule has 40 heteroatoms. The van der Waals surface area contributed by atoms with Crippen LogP contribution in [0.1, 0.15) is 161 Å². The SMILES string of the molecule is CN1CCN(c2ccc(-c3cccc(CN4CCN(CCN)CC4)c3)cc2NC(=O)c2c[nH]c(=O)cc2C(F)(F)F)CC1.CN1CCN(c2ccc(-c3cccc(CN4CCN(CCNC(=O)CCCCNc5cccc6c5C(=O)N(C5CCC(=O)NC5=O)C6=O)CC4)c3)cc2NC(=O)c2c[nH]c(=O)cc2C(F)(F)F)CC1.O=C(O)CCCCCc1cccc2c1C(=O)N(C1CCC(=O)NC1=O)C2=O. The predicted octanol–water partition coefficient (Wildman–Crippen LogP) is 8.40. The number of amides is 11. The van der Waals surface area contributed by atoms with E-state index < -0.39 is 123 Å². The van der Waals surface area contributed by atoms with Crippen LogP contribution in [0.25, 0.3) is 22.3 Å². The number of likely N-dealkylation sites (N-methyl/N-ethyl adjacent to an activating group) is 2. The number of pyridine rings is 2. The molecule has 139 heavy (non-hydrogen) atoms. The summed E-state index contributed by atoms with van der Waals surface area (Å²) < 4.78 is 82.9. The Hall–Kier alpha value is -13.6. The minimum absolute atomic E-state index is 0.0417. The molecular weight excluding hydrogens is 1810 g/mol. The van der Waals surface area contributed by atoms with Gasteiger partial charge in [-0.05, 0) is 153 Å². The second kappa shape index (κ2) is 45.8. The zero-order valence-corrected chi connectivity index (χ0v) is 77.2. The topological polar surface area (TPSA) is 421 Å². The molecule has 8 aliphatic heterocycles. The number of imide groups is 4. The van der Waals surface area contributed by atoms with Gasteiger partial charge in [-0.2, -0.15) is 26.3 Å². The number of aromatic amines is 2. The van der Waals surface area contributed by atoms with E-state index in [2.05, 4.69) is 99.3 Å². The maximum atomic E-state index is 13.9. The largest absolute Gasteiger partial charge is 0.481 e. The Labute approximate surface area is 797 Å². The van der Waals surface area contributed by atoms with E-state index >= 15 is 0 Å². The molecule has 34 nitrogen and oxygen atoms in total. The maximum Gasteiger partial charge on any atom is 0.417 e. The lowest BCUT2D eigenvalue weighted by atomic mass is 9.97. The number of benzene rings is 6. The average molecular weight is 1920 g/mol. The van der Waals surface area contributed by atoms with Crippen LogP contribution in [-0.4, -0.2) is 289 Å². The number of hydrogen-bond acceptors (Lipinski definition) is 24. The summed E-state index contributed by atoms with van der Waals surface area (Å²) >= 11 is 0. The van der Waals surface area contributed by atoms with Crippen molar-refractivity contribution in [1.82, 2.24) is 65.1 Å². The number of alkyl halides is 6. The second-order valence-electron chi connectivity index (χ2n) is 35.8. The number of nitrogens with one attached hydrogen (secondary N) is 8. The van der Waals surface area contributed by atoms with Crippen molar-refractivity contribution in [3.63, 3.8) is 0 Å². The number of halogens is 6. The number of nitrogens with zero attached hydrogens (tertiary/aromatic N) is 10. The lowest BCUT2D eigenvalue weighted by molar-refractivity contribution is -0.138. The lowest BCUT2D eigenvalue weighted by Crippen LogP contribution is -2.54.